The topological polar surface area (TPSA) is 25.8 Å². The molecule has 1 aromatic rings. The summed E-state index contributed by atoms with van der Waals surface area (Å²) >= 11 is 1.84. The summed E-state index contributed by atoms with van der Waals surface area (Å²) in [4.78, 5) is 0. The molecule has 0 N–H and O–H groups in total. The van der Waals surface area contributed by atoms with Crippen molar-refractivity contribution in [2.75, 3.05) is 5.75 Å². The number of nitrogens with zero attached hydrogens (tertiary/aromatic N) is 2. The zero-order chi connectivity index (χ0) is 9.19. The highest BCUT2D eigenvalue weighted by molar-refractivity contribution is 8.01. The van der Waals surface area contributed by atoms with Crippen LogP contribution in [0.25, 0.3) is 0 Å². The lowest BCUT2D eigenvalue weighted by atomic mass is 10.8. The van der Waals surface area contributed by atoms with Gasteiger partial charge in [0.05, 0.1) is 5.75 Å². The van der Waals surface area contributed by atoms with Crippen molar-refractivity contribution in [1.82, 2.24) is 10.2 Å². The van der Waals surface area contributed by atoms with E-state index >= 15 is 0 Å². The van der Waals surface area contributed by atoms with Crippen LogP contribution < -0.4 is 0 Å². The summed E-state index contributed by atoms with van der Waals surface area (Å²) in [5.74, 6) is -0.901. The minimum atomic E-state index is -4.13. The molecule has 0 spiro atoms. The first kappa shape index (κ1) is 9.79. The second-order valence-corrected chi connectivity index (χ2v) is 4.39. The maximum absolute atomic E-state index is 11.7. The van der Waals surface area contributed by atoms with Gasteiger partial charge in [0.2, 0.25) is 0 Å². The minimum Gasteiger partial charge on any atom is -0.170 e. The zero-order valence-electron chi connectivity index (χ0n) is 6.05. The van der Waals surface area contributed by atoms with Crippen molar-refractivity contribution in [2.45, 2.75) is 17.4 Å². The number of alkyl halides is 3. The number of aromatic nitrogens is 2. The van der Waals surface area contributed by atoms with Crippen molar-refractivity contribution in [3.63, 3.8) is 0 Å². The Morgan fingerprint density at radius 3 is 2.50 bits per heavy atom. The molecule has 2 nitrogen and oxygen atoms in total. The molecule has 0 aliphatic carbocycles. The highest BCUT2D eigenvalue weighted by atomic mass is 32.2. The van der Waals surface area contributed by atoms with Gasteiger partial charge in [-0.2, -0.15) is 13.2 Å². The van der Waals surface area contributed by atoms with Crippen LogP contribution in [0.15, 0.2) is 4.34 Å². The molecule has 68 valence electrons. The summed E-state index contributed by atoms with van der Waals surface area (Å²) in [6.07, 6.45) is -4.13. The molecule has 0 bridgehead atoms. The van der Waals surface area contributed by atoms with E-state index in [2.05, 4.69) is 10.2 Å². The third kappa shape index (κ3) is 3.40. The van der Waals surface area contributed by atoms with Crippen LogP contribution in [-0.2, 0) is 0 Å². The van der Waals surface area contributed by atoms with Gasteiger partial charge in [-0.1, -0.05) is 23.1 Å². The Balaban J connectivity index is 2.44. The number of thioether (sulfide) groups is 1. The predicted octanol–water partition coefficient (Wildman–Crippen LogP) is 2.50. The fourth-order valence-electron chi connectivity index (χ4n) is 0.480. The Labute approximate surface area is 75.2 Å². The Bertz CT molecular complexity index is 257. The molecule has 0 radical (unpaired) electrons. The Morgan fingerprint density at radius 1 is 1.42 bits per heavy atom. The summed E-state index contributed by atoms with van der Waals surface area (Å²) in [5, 5.41) is 7.83. The number of aryl methyl sites for hydroxylation is 1. The van der Waals surface area contributed by atoms with E-state index in [0.29, 0.717) is 21.1 Å². The molecule has 0 aliphatic heterocycles. The van der Waals surface area contributed by atoms with Crippen molar-refractivity contribution in [1.29, 1.82) is 0 Å². The molecular weight excluding hydrogens is 209 g/mol. The van der Waals surface area contributed by atoms with Crippen molar-refractivity contribution >= 4 is 23.1 Å². The van der Waals surface area contributed by atoms with E-state index in [-0.39, 0.29) is 0 Å². The quantitative estimate of drug-likeness (QED) is 0.707. The summed E-state index contributed by atoms with van der Waals surface area (Å²) in [7, 11) is 0. The van der Waals surface area contributed by atoms with Crippen LogP contribution in [0, 0.1) is 6.92 Å². The first-order chi connectivity index (χ1) is 5.47. The first-order valence-electron chi connectivity index (χ1n) is 2.97. The lowest BCUT2D eigenvalue weighted by Crippen LogP contribution is -2.10. The first-order valence-corrected chi connectivity index (χ1v) is 4.77. The van der Waals surface area contributed by atoms with Gasteiger partial charge in [0.15, 0.2) is 4.34 Å². The van der Waals surface area contributed by atoms with Gasteiger partial charge in [0.25, 0.3) is 0 Å². The van der Waals surface area contributed by atoms with Crippen LogP contribution in [0.2, 0.25) is 0 Å². The third-order valence-electron chi connectivity index (χ3n) is 0.867. The van der Waals surface area contributed by atoms with E-state index in [4.69, 9.17) is 0 Å². The van der Waals surface area contributed by atoms with Crippen LogP contribution in [0.4, 0.5) is 13.2 Å². The Kier molecular flexibility index (Phi) is 2.94. The maximum atomic E-state index is 11.7. The molecular formula is C5H5F3N2S2. The SMILES string of the molecule is Cc1nnc(SCC(F)(F)F)s1. The third-order valence-corrected chi connectivity index (χ3v) is 2.90. The molecule has 0 atom stereocenters. The smallest absolute Gasteiger partial charge is 0.170 e. The number of halogens is 3. The number of hydrogen-bond acceptors (Lipinski definition) is 4. The van der Waals surface area contributed by atoms with Gasteiger partial charge in [-0.05, 0) is 6.92 Å². The molecule has 1 heterocycles. The van der Waals surface area contributed by atoms with E-state index in [9.17, 15) is 13.2 Å². The second kappa shape index (κ2) is 3.61. The maximum Gasteiger partial charge on any atom is 0.398 e. The number of hydrogen-bond donors (Lipinski definition) is 0. The monoisotopic (exact) mass is 214 g/mol. The van der Waals surface area contributed by atoms with E-state index in [0.717, 1.165) is 0 Å². The van der Waals surface area contributed by atoms with Gasteiger partial charge in [-0.3, -0.25) is 0 Å². The van der Waals surface area contributed by atoms with Gasteiger partial charge >= 0.3 is 6.18 Å². The standard InChI is InChI=1S/C5H5F3N2S2/c1-3-9-10-4(12-3)11-2-5(6,7)8/h2H2,1H3. The fourth-order valence-corrected chi connectivity index (χ4v) is 2.06. The molecule has 7 heteroatoms. The van der Waals surface area contributed by atoms with Crippen LogP contribution in [0.1, 0.15) is 5.01 Å². The molecule has 12 heavy (non-hydrogen) atoms. The van der Waals surface area contributed by atoms with Gasteiger partial charge in [0, 0.05) is 0 Å². The van der Waals surface area contributed by atoms with Crippen molar-refractivity contribution < 1.29 is 13.2 Å². The largest absolute Gasteiger partial charge is 0.398 e. The summed E-state index contributed by atoms with van der Waals surface area (Å²) in [5.41, 5.74) is 0. The van der Waals surface area contributed by atoms with Gasteiger partial charge in [-0.15, -0.1) is 10.2 Å². The van der Waals surface area contributed by atoms with Gasteiger partial charge in [0.1, 0.15) is 5.01 Å². The van der Waals surface area contributed by atoms with Crippen molar-refractivity contribution in [2.24, 2.45) is 0 Å². The van der Waals surface area contributed by atoms with Crippen LogP contribution >= 0.6 is 23.1 Å². The summed E-state index contributed by atoms with van der Waals surface area (Å²) in [6.45, 7) is 1.70. The average molecular weight is 214 g/mol. The lowest BCUT2D eigenvalue weighted by Gasteiger charge is -2.01. The highest BCUT2D eigenvalue weighted by Crippen LogP contribution is 2.28. The minimum absolute atomic E-state index is 0.366. The van der Waals surface area contributed by atoms with Crippen molar-refractivity contribution in [3.8, 4) is 0 Å². The van der Waals surface area contributed by atoms with Gasteiger partial charge in [-0.25, -0.2) is 0 Å². The van der Waals surface area contributed by atoms with Crippen LogP contribution in [0.3, 0.4) is 0 Å². The Morgan fingerprint density at radius 2 is 2.08 bits per heavy atom. The van der Waals surface area contributed by atoms with Crippen molar-refractivity contribution in [3.05, 3.63) is 5.01 Å². The molecule has 0 amide bonds. The molecule has 0 fully saturated rings. The highest BCUT2D eigenvalue weighted by Gasteiger charge is 2.27. The van der Waals surface area contributed by atoms with E-state index < -0.39 is 11.9 Å². The summed E-state index contributed by atoms with van der Waals surface area (Å²) < 4.78 is 35.4. The molecule has 0 unspecified atom stereocenters. The van der Waals surface area contributed by atoms with Crippen LogP contribution in [-0.4, -0.2) is 22.1 Å². The molecule has 0 aromatic carbocycles. The molecule has 0 saturated heterocycles. The molecule has 0 saturated carbocycles. The fraction of sp³-hybridized carbons (Fsp3) is 0.600. The lowest BCUT2D eigenvalue weighted by molar-refractivity contribution is -0.105. The Hall–Kier alpha value is -0.300. The average Bonchev–Trinajstić information content (AvgIpc) is 2.30. The van der Waals surface area contributed by atoms with Crippen LogP contribution in [0.5, 0.6) is 0 Å². The van der Waals surface area contributed by atoms with E-state index in [1.807, 2.05) is 0 Å². The zero-order valence-corrected chi connectivity index (χ0v) is 7.68. The van der Waals surface area contributed by atoms with Gasteiger partial charge < -0.3 is 0 Å². The molecule has 1 aromatic heterocycles. The molecule has 1 rings (SSSR count). The second-order valence-electron chi connectivity index (χ2n) is 1.99. The molecule has 0 aliphatic rings. The normalized spacial score (nSPS) is 12.0. The number of rotatable bonds is 2. The van der Waals surface area contributed by atoms with E-state index in [1.54, 1.807) is 6.92 Å². The predicted molar refractivity (Wildman–Crippen MR) is 41.4 cm³/mol. The summed E-state index contributed by atoms with van der Waals surface area (Å²) in [6, 6.07) is 0. The van der Waals surface area contributed by atoms with E-state index in [1.165, 1.54) is 11.3 Å².